The third-order valence-corrected chi connectivity index (χ3v) is 6.62. The maximum absolute atomic E-state index is 13.0. The van der Waals surface area contributed by atoms with Crippen molar-refractivity contribution in [2.75, 3.05) is 26.2 Å². The number of nitrogens with zero attached hydrogens (tertiary/aromatic N) is 2. The first-order valence-electron chi connectivity index (χ1n) is 8.66. The molecule has 1 fully saturated rings. The Kier molecular flexibility index (Phi) is 5.59. The van der Waals surface area contributed by atoms with Gasteiger partial charge in [0.1, 0.15) is 11.9 Å². The van der Waals surface area contributed by atoms with E-state index in [0.717, 1.165) is 23.3 Å². The SMILES string of the molecule is Cc1ccc(C(N)C(=O)N2CCN(S(=O)(=O)c3ccc(F)cc3)CC2)cc1. The van der Waals surface area contributed by atoms with Gasteiger partial charge in [0, 0.05) is 26.2 Å². The fourth-order valence-corrected chi connectivity index (χ4v) is 4.44. The van der Waals surface area contributed by atoms with Crippen LogP contribution in [0.15, 0.2) is 53.4 Å². The minimum Gasteiger partial charge on any atom is -0.338 e. The number of rotatable bonds is 4. The number of carbonyl (C=O) groups excluding carboxylic acids is 1. The van der Waals surface area contributed by atoms with Crippen LogP contribution < -0.4 is 5.73 Å². The highest BCUT2D eigenvalue weighted by Gasteiger charge is 2.32. The smallest absolute Gasteiger partial charge is 0.244 e. The largest absolute Gasteiger partial charge is 0.338 e. The predicted molar refractivity (Wildman–Crippen MR) is 99.8 cm³/mol. The van der Waals surface area contributed by atoms with Crippen LogP contribution >= 0.6 is 0 Å². The Bertz CT molecular complexity index is 906. The van der Waals surface area contributed by atoms with Gasteiger partial charge in [0.05, 0.1) is 4.90 Å². The number of halogens is 1. The molecule has 1 aliphatic rings. The second kappa shape index (κ2) is 7.75. The molecule has 1 amide bonds. The van der Waals surface area contributed by atoms with Crippen LogP contribution in [0.3, 0.4) is 0 Å². The number of nitrogens with two attached hydrogens (primary N) is 1. The zero-order valence-corrected chi connectivity index (χ0v) is 15.8. The molecule has 1 aliphatic heterocycles. The summed E-state index contributed by atoms with van der Waals surface area (Å²) in [6.07, 6.45) is 0. The molecule has 0 radical (unpaired) electrons. The van der Waals surface area contributed by atoms with Crippen LogP contribution in [-0.4, -0.2) is 49.7 Å². The van der Waals surface area contributed by atoms with Crippen LogP contribution in [0.4, 0.5) is 4.39 Å². The van der Waals surface area contributed by atoms with Crippen molar-refractivity contribution in [2.45, 2.75) is 17.9 Å². The summed E-state index contributed by atoms with van der Waals surface area (Å²) in [5.74, 6) is -0.716. The molecule has 0 spiro atoms. The van der Waals surface area contributed by atoms with Crippen molar-refractivity contribution >= 4 is 15.9 Å². The van der Waals surface area contributed by atoms with Gasteiger partial charge in [-0.3, -0.25) is 4.79 Å². The van der Waals surface area contributed by atoms with Gasteiger partial charge in [0.25, 0.3) is 0 Å². The van der Waals surface area contributed by atoms with Gasteiger partial charge in [0.2, 0.25) is 15.9 Å². The van der Waals surface area contributed by atoms with Crippen LogP contribution in [0, 0.1) is 12.7 Å². The second-order valence-electron chi connectivity index (χ2n) is 6.57. The lowest BCUT2D eigenvalue weighted by atomic mass is 10.0. The number of hydrogen-bond donors (Lipinski definition) is 1. The molecule has 1 heterocycles. The van der Waals surface area contributed by atoms with Crippen molar-refractivity contribution in [3.05, 3.63) is 65.5 Å². The third kappa shape index (κ3) is 4.18. The van der Waals surface area contributed by atoms with E-state index in [-0.39, 0.29) is 37.0 Å². The lowest BCUT2D eigenvalue weighted by Gasteiger charge is -2.35. The molecule has 0 saturated carbocycles. The summed E-state index contributed by atoms with van der Waals surface area (Å²) < 4.78 is 39.6. The van der Waals surface area contributed by atoms with Gasteiger partial charge in [-0.15, -0.1) is 0 Å². The first-order valence-corrected chi connectivity index (χ1v) is 10.1. The Morgan fingerprint density at radius 1 is 1.00 bits per heavy atom. The average Bonchev–Trinajstić information content (AvgIpc) is 2.68. The maximum Gasteiger partial charge on any atom is 0.244 e. The number of sulfonamides is 1. The van der Waals surface area contributed by atoms with Crippen molar-refractivity contribution in [3.8, 4) is 0 Å². The van der Waals surface area contributed by atoms with Gasteiger partial charge in [-0.2, -0.15) is 4.31 Å². The van der Waals surface area contributed by atoms with E-state index < -0.39 is 21.9 Å². The highest BCUT2D eigenvalue weighted by atomic mass is 32.2. The average molecular weight is 391 g/mol. The van der Waals surface area contributed by atoms with E-state index in [2.05, 4.69) is 0 Å². The molecule has 2 N–H and O–H groups in total. The normalized spacial score (nSPS) is 16.9. The fourth-order valence-electron chi connectivity index (χ4n) is 3.02. The molecule has 6 nitrogen and oxygen atoms in total. The molecule has 8 heteroatoms. The summed E-state index contributed by atoms with van der Waals surface area (Å²) in [6, 6.07) is 11.4. The van der Waals surface area contributed by atoms with E-state index in [9.17, 15) is 17.6 Å². The quantitative estimate of drug-likeness (QED) is 0.859. The summed E-state index contributed by atoms with van der Waals surface area (Å²) in [4.78, 5) is 14.3. The maximum atomic E-state index is 13.0. The molecule has 27 heavy (non-hydrogen) atoms. The topological polar surface area (TPSA) is 83.7 Å². The van der Waals surface area contributed by atoms with Crippen molar-refractivity contribution in [1.29, 1.82) is 0 Å². The van der Waals surface area contributed by atoms with E-state index in [1.54, 1.807) is 4.90 Å². The van der Waals surface area contributed by atoms with Crippen LogP contribution in [-0.2, 0) is 14.8 Å². The first-order chi connectivity index (χ1) is 12.8. The Morgan fingerprint density at radius 2 is 1.56 bits per heavy atom. The molecule has 2 aromatic carbocycles. The van der Waals surface area contributed by atoms with Crippen LogP contribution in [0.25, 0.3) is 0 Å². The molecule has 1 unspecified atom stereocenters. The van der Waals surface area contributed by atoms with Gasteiger partial charge in [-0.1, -0.05) is 29.8 Å². The van der Waals surface area contributed by atoms with E-state index in [1.807, 2.05) is 31.2 Å². The van der Waals surface area contributed by atoms with Crippen molar-refractivity contribution in [2.24, 2.45) is 5.73 Å². The van der Waals surface area contributed by atoms with E-state index >= 15 is 0 Å². The van der Waals surface area contributed by atoms with Crippen LogP contribution in [0.5, 0.6) is 0 Å². The zero-order valence-electron chi connectivity index (χ0n) is 15.0. The molecule has 1 atom stereocenters. The predicted octanol–water partition coefficient (Wildman–Crippen LogP) is 1.67. The number of aryl methyl sites for hydroxylation is 1. The lowest BCUT2D eigenvalue weighted by Crippen LogP contribution is -2.52. The van der Waals surface area contributed by atoms with E-state index in [4.69, 9.17) is 5.73 Å². The van der Waals surface area contributed by atoms with Crippen molar-refractivity contribution in [3.63, 3.8) is 0 Å². The van der Waals surface area contributed by atoms with Crippen LogP contribution in [0.1, 0.15) is 17.2 Å². The summed E-state index contributed by atoms with van der Waals surface area (Å²) in [7, 11) is -3.71. The van der Waals surface area contributed by atoms with Crippen LogP contribution in [0.2, 0.25) is 0 Å². The number of amides is 1. The van der Waals surface area contributed by atoms with Gasteiger partial charge < -0.3 is 10.6 Å². The Labute approximate surface area is 158 Å². The molecular weight excluding hydrogens is 369 g/mol. The number of benzene rings is 2. The third-order valence-electron chi connectivity index (χ3n) is 4.70. The molecule has 0 bridgehead atoms. The van der Waals surface area contributed by atoms with Crippen molar-refractivity contribution in [1.82, 2.24) is 9.21 Å². The van der Waals surface area contributed by atoms with Gasteiger partial charge in [-0.25, -0.2) is 12.8 Å². The highest BCUT2D eigenvalue weighted by Crippen LogP contribution is 2.20. The minimum atomic E-state index is -3.71. The molecule has 0 aromatic heterocycles. The Morgan fingerprint density at radius 3 is 2.11 bits per heavy atom. The molecule has 3 rings (SSSR count). The zero-order chi connectivity index (χ0) is 19.6. The number of hydrogen-bond acceptors (Lipinski definition) is 4. The van der Waals surface area contributed by atoms with Gasteiger partial charge in [-0.05, 0) is 36.8 Å². The van der Waals surface area contributed by atoms with Crippen molar-refractivity contribution < 1.29 is 17.6 Å². The minimum absolute atomic E-state index is 0.0417. The fraction of sp³-hybridized carbons (Fsp3) is 0.316. The highest BCUT2D eigenvalue weighted by molar-refractivity contribution is 7.89. The molecule has 0 aliphatic carbocycles. The van der Waals surface area contributed by atoms with Gasteiger partial charge >= 0.3 is 0 Å². The standard InChI is InChI=1S/C19H22FN3O3S/c1-14-2-4-15(5-3-14)18(21)19(24)22-10-12-23(13-11-22)27(25,26)17-8-6-16(20)7-9-17/h2-9,18H,10-13,21H2,1H3. The summed E-state index contributed by atoms with van der Waals surface area (Å²) in [6.45, 7) is 2.83. The summed E-state index contributed by atoms with van der Waals surface area (Å²) in [5.41, 5.74) is 7.90. The van der Waals surface area contributed by atoms with Gasteiger partial charge in [0.15, 0.2) is 0 Å². The second-order valence-corrected chi connectivity index (χ2v) is 8.51. The molecule has 1 saturated heterocycles. The first kappa shape index (κ1) is 19.5. The number of carbonyl (C=O) groups is 1. The monoisotopic (exact) mass is 391 g/mol. The lowest BCUT2D eigenvalue weighted by molar-refractivity contribution is -0.133. The Hall–Kier alpha value is -2.29. The number of piperazine rings is 1. The molecule has 2 aromatic rings. The Balaban J connectivity index is 1.65. The summed E-state index contributed by atoms with van der Waals surface area (Å²) in [5, 5.41) is 0. The van der Waals surface area contributed by atoms with E-state index in [1.165, 1.54) is 16.4 Å². The molecular formula is C19H22FN3O3S. The summed E-state index contributed by atoms with van der Waals surface area (Å²) >= 11 is 0. The molecule has 144 valence electrons. The van der Waals surface area contributed by atoms with E-state index in [0.29, 0.717) is 0 Å².